The molecule has 0 aliphatic heterocycles. The minimum atomic E-state index is -0.493. The van der Waals surface area contributed by atoms with Crippen LogP contribution < -0.4 is 5.32 Å². The number of furan rings is 1. The summed E-state index contributed by atoms with van der Waals surface area (Å²) in [7, 11) is 0. The van der Waals surface area contributed by atoms with Gasteiger partial charge in [0.05, 0.1) is 21.2 Å². The van der Waals surface area contributed by atoms with E-state index in [2.05, 4.69) is 5.32 Å². The van der Waals surface area contributed by atoms with E-state index in [1.807, 2.05) is 0 Å². The van der Waals surface area contributed by atoms with Gasteiger partial charge >= 0.3 is 0 Å². The molecule has 0 saturated carbocycles. The van der Waals surface area contributed by atoms with Crippen LogP contribution >= 0.6 is 23.2 Å². The van der Waals surface area contributed by atoms with Crippen molar-refractivity contribution in [3.63, 3.8) is 0 Å². The Balaban J connectivity index is 1.73. The molecule has 1 heterocycles. The Hall–Kier alpha value is -3.09. The molecule has 0 fully saturated rings. The summed E-state index contributed by atoms with van der Waals surface area (Å²) >= 11 is 12.1. The first-order valence-corrected chi connectivity index (χ1v) is 8.89. The Morgan fingerprint density at radius 2 is 1.96 bits per heavy atom. The zero-order valence-corrected chi connectivity index (χ0v) is 16.1. The van der Waals surface area contributed by atoms with Crippen molar-refractivity contribution in [3.8, 4) is 11.3 Å². The molecule has 1 N–H and O–H groups in total. The number of nitrogens with one attached hydrogen (secondary N) is 1. The monoisotopic (exact) mass is 416 g/mol. The van der Waals surface area contributed by atoms with Gasteiger partial charge in [0.15, 0.2) is 0 Å². The number of anilines is 1. The summed E-state index contributed by atoms with van der Waals surface area (Å²) in [6.45, 7) is 1.58. The van der Waals surface area contributed by atoms with Crippen molar-refractivity contribution in [2.75, 3.05) is 5.32 Å². The SMILES string of the molecule is Cc1c(NC(=O)/C=C/c2ccc(-c3ccc(Cl)cc3Cl)o2)cccc1[N+](=O)[O-]. The normalized spacial score (nSPS) is 11.0. The van der Waals surface area contributed by atoms with Gasteiger partial charge in [-0.15, -0.1) is 0 Å². The Labute approximate surface area is 170 Å². The predicted octanol–water partition coefficient (Wildman–Crippen LogP) is 6.12. The molecule has 142 valence electrons. The molecular weight excluding hydrogens is 403 g/mol. The number of benzene rings is 2. The number of rotatable bonds is 5. The van der Waals surface area contributed by atoms with E-state index in [0.29, 0.717) is 38.4 Å². The lowest BCUT2D eigenvalue weighted by Gasteiger charge is -2.06. The fraction of sp³-hybridized carbons (Fsp3) is 0.0500. The van der Waals surface area contributed by atoms with Gasteiger partial charge in [-0.3, -0.25) is 14.9 Å². The summed E-state index contributed by atoms with van der Waals surface area (Å²) in [6, 6.07) is 13.0. The summed E-state index contributed by atoms with van der Waals surface area (Å²) in [4.78, 5) is 22.6. The maximum Gasteiger partial charge on any atom is 0.274 e. The molecule has 8 heteroatoms. The van der Waals surface area contributed by atoms with Crippen LogP contribution in [-0.4, -0.2) is 10.8 Å². The summed E-state index contributed by atoms with van der Waals surface area (Å²) in [5, 5.41) is 14.6. The van der Waals surface area contributed by atoms with Crippen molar-refractivity contribution in [1.82, 2.24) is 0 Å². The number of hydrogen-bond donors (Lipinski definition) is 1. The first-order valence-electron chi connectivity index (χ1n) is 8.13. The third-order valence-electron chi connectivity index (χ3n) is 3.98. The highest BCUT2D eigenvalue weighted by atomic mass is 35.5. The number of hydrogen-bond acceptors (Lipinski definition) is 4. The number of halogens is 2. The van der Waals surface area contributed by atoms with E-state index in [1.54, 1.807) is 43.3 Å². The molecule has 0 saturated heterocycles. The van der Waals surface area contributed by atoms with Crippen LogP contribution in [0.1, 0.15) is 11.3 Å². The van der Waals surface area contributed by atoms with Gasteiger partial charge in [0.1, 0.15) is 11.5 Å². The zero-order chi connectivity index (χ0) is 20.3. The number of carbonyl (C=O) groups excluding carboxylic acids is 1. The van der Waals surface area contributed by atoms with Crippen LogP contribution in [-0.2, 0) is 4.79 Å². The summed E-state index contributed by atoms with van der Waals surface area (Å²) < 4.78 is 5.68. The van der Waals surface area contributed by atoms with Gasteiger partial charge < -0.3 is 9.73 Å². The predicted molar refractivity (Wildman–Crippen MR) is 110 cm³/mol. The van der Waals surface area contributed by atoms with Crippen molar-refractivity contribution in [2.24, 2.45) is 0 Å². The Morgan fingerprint density at radius 3 is 2.68 bits per heavy atom. The lowest BCUT2D eigenvalue weighted by Crippen LogP contribution is -2.09. The molecule has 3 aromatic rings. The summed E-state index contributed by atoms with van der Waals surface area (Å²) in [6.07, 6.45) is 2.78. The Kier molecular flexibility index (Phi) is 5.82. The average molecular weight is 417 g/mol. The van der Waals surface area contributed by atoms with E-state index in [1.165, 1.54) is 24.3 Å². The molecule has 0 atom stereocenters. The highest BCUT2D eigenvalue weighted by Crippen LogP contribution is 2.31. The maximum absolute atomic E-state index is 12.1. The second kappa shape index (κ2) is 8.29. The van der Waals surface area contributed by atoms with Crippen LogP contribution in [0.4, 0.5) is 11.4 Å². The second-order valence-corrected chi connectivity index (χ2v) is 6.70. The van der Waals surface area contributed by atoms with E-state index in [4.69, 9.17) is 27.6 Å². The van der Waals surface area contributed by atoms with Crippen LogP contribution in [0.2, 0.25) is 10.0 Å². The highest BCUT2D eigenvalue weighted by molar-refractivity contribution is 6.36. The van der Waals surface area contributed by atoms with Crippen LogP contribution in [0.15, 0.2) is 59.0 Å². The van der Waals surface area contributed by atoms with Gasteiger partial charge in [-0.2, -0.15) is 0 Å². The molecule has 3 rings (SSSR count). The van der Waals surface area contributed by atoms with E-state index in [-0.39, 0.29) is 5.69 Å². The molecule has 0 unspecified atom stereocenters. The highest BCUT2D eigenvalue weighted by Gasteiger charge is 2.14. The standard InChI is InChI=1S/C20H14Cl2N2O4/c1-12-17(3-2-4-18(12)24(26)27)23-20(25)10-7-14-6-9-19(28-14)15-8-5-13(21)11-16(15)22/h2-11H,1H3,(H,23,25)/b10-7+. The molecule has 2 aromatic carbocycles. The minimum Gasteiger partial charge on any atom is -0.457 e. The summed E-state index contributed by atoms with van der Waals surface area (Å²) in [5.41, 5.74) is 1.38. The lowest BCUT2D eigenvalue weighted by atomic mass is 10.1. The third-order valence-corrected chi connectivity index (χ3v) is 4.53. The number of amides is 1. The first kappa shape index (κ1) is 19.7. The van der Waals surface area contributed by atoms with Gasteiger partial charge in [0.25, 0.3) is 5.69 Å². The largest absolute Gasteiger partial charge is 0.457 e. The third kappa shape index (κ3) is 4.42. The van der Waals surface area contributed by atoms with Crippen LogP contribution in [0.3, 0.4) is 0 Å². The average Bonchev–Trinajstić information content (AvgIpc) is 3.10. The van der Waals surface area contributed by atoms with Crippen molar-refractivity contribution >= 4 is 46.6 Å². The van der Waals surface area contributed by atoms with Gasteiger partial charge in [-0.25, -0.2) is 0 Å². The van der Waals surface area contributed by atoms with Crippen molar-refractivity contribution in [1.29, 1.82) is 0 Å². The first-order chi connectivity index (χ1) is 13.3. The van der Waals surface area contributed by atoms with Crippen molar-refractivity contribution in [2.45, 2.75) is 6.92 Å². The molecule has 28 heavy (non-hydrogen) atoms. The van der Waals surface area contributed by atoms with Gasteiger partial charge in [-0.1, -0.05) is 29.3 Å². The molecule has 0 bridgehead atoms. The van der Waals surface area contributed by atoms with E-state index >= 15 is 0 Å². The molecule has 0 aliphatic carbocycles. The van der Waals surface area contributed by atoms with Crippen molar-refractivity contribution in [3.05, 3.63) is 86.1 Å². The maximum atomic E-state index is 12.1. The van der Waals surface area contributed by atoms with Crippen LogP contribution in [0.25, 0.3) is 17.4 Å². The Bertz CT molecular complexity index is 1090. The fourth-order valence-electron chi connectivity index (χ4n) is 2.57. The lowest BCUT2D eigenvalue weighted by molar-refractivity contribution is -0.385. The second-order valence-electron chi connectivity index (χ2n) is 5.86. The topological polar surface area (TPSA) is 85.4 Å². The number of carbonyl (C=O) groups is 1. The van der Waals surface area contributed by atoms with E-state index in [0.717, 1.165) is 0 Å². The quantitative estimate of drug-likeness (QED) is 0.308. The van der Waals surface area contributed by atoms with E-state index in [9.17, 15) is 14.9 Å². The van der Waals surface area contributed by atoms with Crippen molar-refractivity contribution < 1.29 is 14.1 Å². The van der Waals surface area contributed by atoms with Gasteiger partial charge in [0, 0.05) is 22.7 Å². The molecule has 6 nitrogen and oxygen atoms in total. The molecule has 0 aliphatic rings. The molecule has 1 amide bonds. The fourth-order valence-corrected chi connectivity index (χ4v) is 3.07. The number of nitrogens with zero attached hydrogens (tertiary/aromatic N) is 1. The number of nitro groups is 1. The van der Waals surface area contributed by atoms with Gasteiger partial charge in [-0.05, 0) is 49.4 Å². The van der Waals surface area contributed by atoms with E-state index < -0.39 is 10.8 Å². The smallest absolute Gasteiger partial charge is 0.274 e. The minimum absolute atomic E-state index is 0.0581. The van der Waals surface area contributed by atoms with Crippen LogP contribution in [0, 0.1) is 17.0 Å². The molecule has 0 spiro atoms. The molecular formula is C20H14Cl2N2O4. The van der Waals surface area contributed by atoms with Crippen LogP contribution in [0.5, 0.6) is 0 Å². The van der Waals surface area contributed by atoms with Gasteiger partial charge in [0.2, 0.25) is 5.91 Å². The number of nitro benzene ring substituents is 1. The molecule has 1 aromatic heterocycles. The zero-order valence-electron chi connectivity index (χ0n) is 14.6. The molecule has 0 radical (unpaired) electrons. The Morgan fingerprint density at radius 1 is 1.18 bits per heavy atom. The summed E-state index contributed by atoms with van der Waals surface area (Å²) in [5.74, 6) is 0.550.